The van der Waals surface area contributed by atoms with E-state index in [9.17, 15) is 22.4 Å². The molecule has 6 heterocycles. The topological polar surface area (TPSA) is 140 Å². The van der Waals surface area contributed by atoms with Crippen LogP contribution >= 0.6 is 0 Å². The van der Waals surface area contributed by atoms with Crippen molar-refractivity contribution in [1.29, 1.82) is 0 Å². The van der Waals surface area contributed by atoms with Gasteiger partial charge in [-0.25, -0.2) is 18.7 Å². The SMILES string of the molecule is CNc1cc(N2CCc3c(-c4ccc(CN5CCC6(CCNCC6)C5)cn4)cccc32)nn2c(C(=O)N[C@@H]3C[C@@H]3F)cnc12.O=C(O)C(F)(F)F. The first-order valence-corrected chi connectivity index (χ1v) is 17.0. The summed E-state index contributed by atoms with van der Waals surface area (Å²) in [6.07, 6.45) is 2.57. The number of amides is 1. The van der Waals surface area contributed by atoms with E-state index in [1.807, 2.05) is 19.3 Å². The molecule has 1 amide bonds. The number of aromatic nitrogens is 4. The fourth-order valence-corrected chi connectivity index (χ4v) is 7.36. The minimum absolute atomic E-state index is 0.287. The third-order valence-electron chi connectivity index (χ3n) is 10.2. The summed E-state index contributed by atoms with van der Waals surface area (Å²) in [5.41, 5.74) is 7.78. The second-order valence-corrected chi connectivity index (χ2v) is 13.6. The number of benzene rings is 1. The number of rotatable bonds is 7. The van der Waals surface area contributed by atoms with Crippen LogP contribution in [0, 0.1) is 5.41 Å². The van der Waals surface area contributed by atoms with E-state index in [1.165, 1.54) is 49.7 Å². The van der Waals surface area contributed by atoms with E-state index in [0.717, 1.165) is 55.2 Å². The summed E-state index contributed by atoms with van der Waals surface area (Å²) in [5.74, 6) is -2.42. The van der Waals surface area contributed by atoms with E-state index in [4.69, 9.17) is 20.0 Å². The maximum absolute atomic E-state index is 13.5. The molecule has 0 radical (unpaired) electrons. The summed E-state index contributed by atoms with van der Waals surface area (Å²) in [4.78, 5) is 36.0. The molecular formula is C35H39F4N9O3. The van der Waals surface area contributed by atoms with Gasteiger partial charge < -0.3 is 26.0 Å². The molecule has 270 valence electrons. The average Bonchev–Trinajstić information content (AvgIpc) is 3.47. The Morgan fingerprint density at radius 2 is 1.84 bits per heavy atom. The molecule has 4 N–H and O–H groups in total. The van der Waals surface area contributed by atoms with Crippen LogP contribution in [0.3, 0.4) is 0 Å². The number of aliphatic carboxylic acids is 1. The zero-order chi connectivity index (χ0) is 35.9. The van der Waals surface area contributed by atoms with Crippen LogP contribution in [0.25, 0.3) is 16.9 Å². The van der Waals surface area contributed by atoms with Crippen LogP contribution in [0.2, 0.25) is 0 Å². The molecule has 1 saturated carbocycles. The van der Waals surface area contributed by atoms with Crippen molar-refractivity contribution in [3.63, 3.8) is 0 Å². The molecule has 4 aromatic rings. The van der Waals surface area contributed by atoms with Crippen LogP contribution in [0.4, 0.5) is 34.8 Å². The maximum atomic E-state index is 13.5. The fourth-order valence-electron chi connectivity index (χ4n) is 7.36. The maximum Gasteiger partial charge on any atom is 0.490 e. The minimum atomic E-state index is -5.08. The van der Waals surface area contributed by atoms with E-state index in [1.54, 1.807) is 4.52 Å². The summed E-state index contributed by atoms with van der Waals surface area (Å²) in [6, 6.07) is 12.3. The second-order valence-electron chi connectivity index (χ2n) is 13.6. The molecule has 0 unspecified atom stereocenters. The molecule has 0 bridgehead atoms. The molecule has 1 aromatic carbocycles. The summed E-state index contributed by atoms with van der Waals surface area (Å²) in [7, 11) is 1.83. The molecule has 3 aliphatic heterocycles. The lowest BCUT2D eigenvalue weighted by Gasteiger charge is -2.33. The number of carboxylic acid groups (broad SMARTS) is 1. The first-order chi connectivity index (χ1) is 24.4. The van der Waals surface area contributed by atoms with Crippen molar-refractivity contribution >= 4 is 34.7 Å². The Hall–Kier alpha value is -4.83. The number of fused-ring (bicyclic) bond motifs is 2. The lowest BCUT2D eigenvalue weighted by Crippen LogP contribution is -2.38. The van der Waals surface area contributed by atoms with Crippen molar-refractivity contribution < 1.29 is 32.3 Å². The van der Waals surface area contributed by atoms with Gasteiger partial charge in [-0.15, -0.1) is 5.10 Å². The third-order valence-corrected chi connectivity index (χ3v) is 10.2. The Bertz CT molecular complexity index is 1930. The largest absolute Gasteiger partial charge is 0.490 e. The van der Waals surface area contributed by atoms with Gasteiger partial charge in [0.05, 0.1) is 23.6 Å². The zero-order valence-corrected chi connectivity index (χ0v) is 28.0. The monoisotopic (exact) mass is 709 g/mol. The number of hydrogen-bond donors (Lipinski definition) is 4. The molecule has 1 aliphatic carbocycles. The minimum Gasteiger partial charge on any atom is -0.475 e. The van der Waals surface area contributed by atoms with Gasteiger partial charge in [-0.1, -0.05) is 18.2 Å². The summed E-state index contributed by atoms with van der Waals surface area (Å²) >= 11 is 0. The highest BCUT2D eigenvalue weighted by Gasteiger charge is 2.40. The number of anilines is 3. The number of carbonyl (C=O) groups is 2. The van der Waals surface area contributed by atoms with Crippen LogP contribution in [-0.2, 0) is 17.8 Å². The standard InChI is InChI=1S/C33H38FN9O.C2HF3O2/c1-35-27-16-30(40-43-29(18-38-31(27)43)32(44)39-26-15-24(26)34)42-13-7-23-22(3-2-4-28(23)42)25-6-5-21(17-37-25)19-41-14-10-33(20-41)8-11-36-12-9-33;3-2(4,5)1(6)7/h2-6,16-18,24,26,35-36H,7-15,19-20H2,1H3,(H,39,44);(H,6,7)/t24-,26+;/m0./s1. The van der Waals surface area contributed by atoms with Gasteiger partial charge in [0.25, 0.3) is 5.91 Å². The summed E-state index contributed by atoms with van der Waals surface area (Å²) in [6.45, 7) is 6.36. The van der Waals surface area contributed by atoms with Gasteiger partial charge in [0.2, 0.25) is 0 Å². The van der Waals surface area contributed by atoms with Crippen molar-refractivity contribution in [1.82, 2.24) is 35.1 Å². The van der Waals surface area contributed by atoms with E-state index in [-0.39, 0.29) is 11.6 Å². The second kappa shape index (κ2) is 13.7. The number of hydrogen-bond acceptors (Lipinski definition) is 9. The van der Waals surface area contributed by atoms with E-state index >= 15 is 0 Å². The van der Waals surface area contributed by atoms with E-state index in [2.05, 4.69) is 61.1 Å². The predicted octanol–water partition coefficient (Wildman–Crippen LogP) is 4.58. The van der Waals surface area contributed by atoms with Gasteiger partial charge in [0.15, 0.2) is 17.2 Å². The van der Waals surface area contributed by atoms with Gasteiger partial charge >= 0.3 is 12.1 Å². The first-order valence-electron chi connectivity index (χ1n) is 17.0. The third kappa shape index (κ3) is 7.19. The van der Waals surface area contributed by atoms with Crippen LogP contribution in [0.5, 0.6) is 0 Å². The molecule has 8 rings (SSSR count). The lowest BCUT2D eigenvalue weighted by atomic mass is 9.78. The molecule has 1 spiro atoms. The molecule has 51 heavy (non-hydrogen) atoms. The molecule has 4 aliphatic rings. The van der Waals surface area contributed by atoms with Crippen LogP contribution in [0.15, 0.2) is 48.8 Å². The van der Waals surface area contributed by atoms with Gasteiger partial charge in [0.1, 0.15) is 6.17 Å². The van der Waals surface area contributed by atoms with Crippen molar-refractivity contribution in [2.75, 3.05) is 50.0 Å². The molecule has 2 saturated heterocycles. The molecule has 3 aromatic heterocycles. The van der Waals surface area contributed by atoms with E-state index in [0.29, 0.717) is 23.3 Å². The highest BCUT2D eigenvalue weighted by atomic mass is 19.4. The van der Waals surface area contributed by atoms with Gasteiger partial charge in [0, 0.05) is 56.6 Å². The van der Waals surface area contributed by atoms with Gasteiger partial charge in [-0.2, -0.15) is 13.2 Å². The fraction of sp³-hybridized carbons (Fsp3) is 0.457. The number of piperidine rings is 1. The molecule has 12 nitrogen and oxygen atoms in total. The number of halogens is 4. The van der Waals surface area contributed by atoms with Gasteiger partial charge in [-0.3, -0.25) is 14.7 Å². The number of imidazole rings is 1. The number of carboxylic acids is 1. The normalized spacial score (nSPS) is 20.9. The van der Waals surface area contributed by atoms with E-state index < -0.39 is 24.4 Å². The smallest absolute Gasteiger partial charge is 0.475 e. The number of nitrogens with one attached hydrogen (secondary N) is 3. The number of alkyl halides is 4. The number of carbonyl (C=O) groups excluding carboxylic acids is 1. The first kappa shape index (κ1) is 34.6. The Morgan fingerprint density at radius 1 is 1.08 bits per heavy atom. The van der Waals surface area contributed by atoms with Crippen LogP contribution in [0.1, 0.15) is 47.3 Å². The molecule has 3 fully saturated rings. The quantitative estimate of drug-likeness (QED) is 0.202. The number of likely N-dealkylation sites (tertiary alicyclic amines) is 1. The molecule has 2 atom stereocenters. The average molecular weight is 710 g/mol. The van der Waals surface area contributed by atoms with Gasteiger partial charge in [-0.05, 0) is 74.0 Å². The number of nitrogens with zero attached hydrogens (tertiary/aromatic N) is 6. The molecular weight excluding hydrogens is 670 g/mol. The zero-order valence-electron chi connectivity index (χ0n) is 28.0. The Balaban J connectivity index is 0.000000529. The van der Waals surface area contributed by atoms with Crippen molar-refractivity contribution in [3.8, 4) is 11.3 Å². The Labute approximate surface area is 291 Å². The predicted molar refractivity (Wildman–Crippen MR) is 182 cm³/mol. The Morgan fingerprint density at radius 3 is 2.51 bits per heavy atom. The van der Waals surface area contributed by atoms with Crippen molar-refractivity contribution in [3.05, 3.63) is 65.6 Å². The van der Waals surface area contributed by atoms with Crippen LogP contribution < -0.4 is 20.9 Å². The van der Waals surface area contributed by atoms with Crippen molar-refractivity contribution in [2.45, 2.75) is 57.0 Å². The highest BCUT2D eigenvalue weighted by Crippen LogP contribution is 2.41. The molecule has 16 heteroatoms. The summed E-state index contributed by atoms with van der Waals surface area (Å²) in [5, 5.41) is 21.4. The lowest BCUT2D eigenvalue weighted by molar-refractivity contribution is -0.192. The van der Waals surface area contributed by atoms with Crippen LogP contribution in [-0.4, -0.2) is 99.6 Å². The number of pyridine rings is 1. The summed E-state index contributed by atoms with van der Waals surface area (Å²) < 4.78 is 46.8. The highest BCUT2D eigenvalue weighted by molar-refractivity contribution is 5.94. The van der Waals surface area contributed by atoms with Crippen molar-refractivity contribution in [2.24, 2.45) is 5.41 Å². The Kier molecular flexibility index (Phi) is 9.31.